The number of aromatic nitrogens is 3. The summed E-state index contributed by atoms with van der Waals surface area (Å²) < 4.78 is 12.1. The van der Waals surface area contributed by atoms with Gasteiger partial charge < -0.3 is 9.47 Å². The molecule has 0 aliphatic carbocycles. The Morgan fingerprint density at radius 3 is 2.81 bits per heavy atom. The largest absolute Gasteiger partial charge is 0.482 e. The average Bonchev–Trinajstić information content (AvgIpc) is 3.08. The highest BCUT2D eigenvalue weighted by Gasteiger charge is 2.12. The first-order chi connectivity index (χ1) is 13.0. The standard InChI is InChI=1S/C19H21N3O4S/c1-4-16-21-22-17(23)9-13(20-19(22)27-16)10-26-18(24)11-25-15-8-6-5-7-14(15)12(2)3/h5-9,12H,4,10-11H2,1-3H3. The molecule has 0 saturated carbocycles. The van der Waals surface area contributed by atoms with E-state index in [1.54, 1.807) is 0 Å². The lowest BCUT2D eigenvalue weighted by Crippen LogP contribution is -2.19. The zero-order valence-corrected chi connectivity index (χ0v) is 16.3. The Hall–Kier alpha value is -2.74. The molecule has 0 radical (unpaired) electrons. The summed E-state index contributed by atoms with van der Waals surface area (Å²) in [5.41, 5.74) is 1.13. The van der Waals surface area contributed by atoms with E-state index in [4.69, 9.17) is 9.47 Å². The second-order valence-corrected chi connectivity index (χ2v) is 7.31. The van der Waals surface area contributed by atoms with Gasteiger partial charge in [0.25, 0.3) is 5.56 Å². The van der Waals surface area contributed by atoms with E-state index in [-0.39, 0.29) is 24.7 Å². The molecule has 0 amide bonds. The smallest absolute Gasteiger partial charge is 0.344 e. The van der Waals surface area contributed by atoms with Gasteiger partial charge in [0.15, 0.2) is 6.61 Å². The first-order valence-electron chi connectivity index (χ1n) is 8.74. The number of para-hydroxylation sites is 1. The predicted molar refractivity (Wildman–Crippen MR) is 102 cm³/mol. The molecule has 27 heavy (non-hydrogen) atoms. The molecule has 3 rings (SSSR count). The molecule has 0 N–H and O–H groups in total. The van der Waals surface area contributed by atoms with Crippen molar-refractivity contribution in [2.24, 2.45) is 0 Å². The van der Waals surface area contributed by atoms with E-state index < -0.39 is 5.97 Å². The molecule has 8 heteroatoms. The molecule has 0 saturated heterocycles. The number of fused-ring (bicyclic) bond motifs is 1. The Kier molecular flexibility index (Phi) is 5.85. The van der Waals surface area contributed by atoms with Crippen LogP contribution in [0.25, 0.3) is 4.96 Å². The van der Waals surface area contributed by atoms with Crippen molar-refractivity contribution >= 4 is 22.3 Å². The quantitative estimate of drug-likeness (QED) is 0.580. The minimum absolute atomic E-state index is 0.0842. The molecule has 0 fully saturated rings. The SMILES string of the molecule is CCc1nn2c(=O)cc(COC(=O)COc3ccccc3C(C)C)nc2s1. The number of hydrogen-bond acceptors (Lipinski definition) is 7. The lowest BCUT2D eigenvalue weighted by molar-refractivity contribution is -0.147. The van der Waals surface area contributed by atoms with Crippen LogP contribution in [-0.2, 0) is 22.6 Å². The van der Waals surface area contributed by atoms with E-state index in [0.717, 1.165) is 17.0 Å². The lowest BCUT2D eigenvalue weighted by atomic mass is 10.0. The lowest BCUT2D eigenvalue weighted by Gasteiger charge is -2.13. The third-order valence-corrected chi connectivity index (χ3v) is 4.96. The molecular formula is C19H21N3O4S. The van der Waals surface area contributed by atoms with Gasteiger partial charge in [0.05, 0.1) is 5.69 Å². The van der Waals surface area contributed by atoms with Crippen LogP contribution >= 0.6 is 11.3 Å². The van der Waals surface area contributed by atoms with Gasteiger partial charge in [-0.3, -0.25) is 4.79 Å². The summed E-state index contributed by atoms with van der Waals surface area (Å²) in [5.74, 6) is 0.432. The van der Waals surface area contributed by atoms with E-state index in [1.807, 2.05) is 31.2 Å². The van der Waals surface area contributed by atoms with Crippen LogP contribution in [0.1, 0.15) is 43.0 Å². The summed E-state index contributed by atoms with van der Waals surface area (Å²) in [5, 5.41) is 5.01. The van der Waals surface area contributed by atoms with Gasteiger partial charge in [0.1, 0.15) is 17.4 Å². The second-order valence-electron chi connectivity index (χ2n) is 6.27. The van der Waals surface area contributed by atoms with Crippen LogP contribution < -0.4 is 10.3 Å². The monoisotopic (exact) mass is 387 g/mol. The fourth-order valence-corrected chi connectivity index (χ4v) is 3.39. The van der Waals surface area contributed by atoms with Crippen molar-refractivity contribution < 1.29 is 14.3 Å². The van der Waals surface area contributed by atoms with Gasteiger partial charge >= 0.3 is 5.97 Å². The van der Waals surface area contributed by atoms with Gasteiger partial charge in [-0.15, -0.1) is 0 Å². The van der Waals surface area contributed by atoms with E-state index >= 15 is 0 Å². The Bertz CT molecular complexity index is 1010. The van der Waals surface area contributed by atoms with Gasteiger partial charge in [-0.2, -0.15) is 9.61 Å². The summed E-state index contributed by atoms with van der Waals surface area (Å²) in [6, 6.07) is 8.92. The maximum atomic E-state index is 12.1. The first-order valence-corrected chi connectivity index (χ1v) is 9.55. The third kappa shape index (κ3) is 4.51. The van der Waals surface area contributed by atoms with Gasteiger partial charge in [-0.25, -0.2) is 9.78 Å². The van der Waals surface area contributed by atoms with E-state index in [2.05, 4.69) is 23.9 Å². The summed E-state index contributed by atoms with van der Waals surface area (Å²) in [7, 11) is 0. The number of rotatable bonds is 7. The number of esters is 1. The minimum atomic E-state index is -0.519. The Balaban J connectivity index is 1.61. The van der Waals surface area contributed by atoms with E-state index in [0.29, 0.717) is 16.4 Å². The molecular weight excluding hydrogens is 366 g/mol. The van der Waals surface area contributed by atoms with Gasteiger partial charge in [0, 0.05) is 6.07 Å². The fourth-order valence-electron chi connectivity index (χ4n) is 2.53. The van der Waals surface area contributed by atoms with Crippen LogP contribution in [0.2, 0.25) is 0 Å². The van der Waals surface area contributed by atoms with Crippen LogP contribution in [0.15, 0.2) is 35.1 Å². The van der Waals surface area contributed by atoms with E-state index in [1.165, 1.54) is 21.9 Å². The van der Waals surface area contributed by atoms with Crippen molar-refractivity contribution in [3.05, 3.63) is 57.0 Å². The normalized spacial score (nSPS) is 11.1. The summed E-state index contributed by atoms with van der Waals surface area (Å²) in [6.07, 6.45) is 0.729. The maximum absolute atomic E-state index is 12.1. The zero-order chi connectivity index (χ0) is 19.4. The van der Waals surface area contributed by atoms with Crippen molar-refractivity contribution in [1.82, 2.24) is 14.6 Å². The van der Waals surface area contributed by atoms with Crippen molar-refractivity contribution in [2.75, 3.05) is 6.61 Å². The molecule has 3 aromatic rings. The molecule has 2 aromatic heterocycles. The van der Waals surface area contributed by atoms with E-state index in [9.17, 15) is 9.59 Å². The minimum Gasteiger partial charge on any atom is -0.482 e. The highest BCUT2D eigenvalue weighted by Crippen LogP contribution is 2.25. The third-order valence-electron chi connectivity index (χ3n) is 3.91. The number of hydrogen-bond donors (Lipinski definition) is 0. The van der Waals surface area contributed by atoms with Crippen molar-refractivity contribution in [3.8, 4) is 5.75 Å². The number of aryl methyl sites for hydroxylation is 1. The number of nitrogens with zero attached hydrogens (tertiary/aromatic N) is 3. The van der Waals surface area contributed by atoms with Crippen molar-refractivity contribution in [3.63, 3.8) is 0 Å². The molecule has 1 aromatic carbocycles. The van der Waals surface area contributed by atoms with Gasteiger partial charge in [-0.1, -0.05) is 50.3 Å². The number of ether oxygens (including phenoxy) is 2. The molecule has 2 heterocycles. The van der Waals surface area contributed by atoms with Crippen LogP contribution in [0, 0.1) is 0 Å². The number of carbonyl (C=O) groups is 1. The zero-order valence-electron chi connectivity index (χ0n) is 15.5. The van der Waals surface area contributed by atoms with Crippen molar-refractivity contribution in [1.29, 1.82) is 0 Å². The Morgan fingerprint density at radius 2 is 2.07 bits per heavy atom. The van der Waals surface area contributed by atoms with Gasteiger partial charge in [0.2, 0.25) is 4.96 Å². The molecule has 0 aliphatic heterocycles. The molecule has 142 valence electrons. The average molecular weight is 387 g/mol. The molecule has 0 spiro atoms. The van der Waals surface area contributed by atoms with Crippen LogP contribution in [0.3, 0.4) is 0 Å². The second kappa shape index (κ2) is 8.30. The molecule has 0 aliphatic rings. The highest BCUT2D eigenvalue weighted by atomic mass is 32.1. The summed E-state index contributed by atoms with van der Waals surface area (Å²) in [4.78, 5) is 28.9. The van der Waals surface area contributed by atoms with Gasteiger partial charge in [-0.05, 0) is 24.0 Å². The molecule has 0 atom stereocenters. The topological polar surface area (TPSA) is 82.8 Å². The first kappa shape index (κ1) is 19.0. The maximum Gasteiger partial charge on any atom is 0.344 e. The molecule has 0 bridgehead atoms. The summed E-state index contributed by atoms with van der Waals surface area (Å²) >= 11 is 1.35. The predicted octanol–water partition coefficient (Wildman–Crippen LogP) is 2.96. The highest BCUT2D eigenvalue weighted by molar-refractivity contribution is 7.16. The summed E-state index contributed by atoms with van der Waals surface area (Å²) in [6.45, 7) is 5.79. The Morgan fingerprint density at radius 1 is 1.30 bits per heavy atom. The number of benzene rings is 1. The van der Waals surface area contributed by atoms with Crippen molar-refractivity contribution in [2.45, 2.75) is 39.7 Å². The number of carbonyl (C=O) groups excluding carboxylic acids is 1. The Labute approximate surface area is 160 Å². The molecule has 7 nitrogen and oxygen atoms in total. The van der Waals surface area contributed by atoms with Crippen LogP contribution in [0.5, 0.6) is 5.75 Å². The van der Waals surface area contributed by atoms with Crippen LogP contribution in [-0.4, -0.2) is 27.2 Å². The van der Waals surface area contributed by atoms with Crippen LogP contribution in [0.4, 0.5) is 0 Å². The molecule has 0 unspecified atom stereocenters. The fraction of sp³-hybridized carbons (Fsp3) is 0.368.